The molecule has 252 valence electrons. The van der Waals surface area contributed by atoms with Gasteiger partial charge in [0.25, 0.3) is 0 Å². The molecule has 4 atom stereocenters. The Labute approximate surface area is 296 Å². The number of hydrogen-bond acceptors (Lipinski definition) is 8. The van der Waals surface area contributed by atoms with Crippen molar-refractivity contribution in [2.45, 2.75) is 38.8 Å². The van der Waals surface area contributed by atoms with Gasteiger partial charge in [-0.2, -0.15) is 5.10 Å². The first-order valence-electron chi connectivity index (χ1n) is 15.5. The van der Waals surface area contributed by atoms with Crippen LogP contribution in [0, 0.1) is 18.3 Å². The number of fused-ring (bicyclic) bond motifs is 5. The molecule has 0 unspecified atom stereocenters. The third-order valence-electron chi connectivity index (χ3n) is 10.5. The molecule has 2 aromatic carbocycles. The summed E-state index contributed by atoms with van der Waals surface area (Å²) in [6, 6.07) is 10.0. The van der Waals surface area contributed by atoms with Gasteiger partial charge in [-0.3, -0.25) is 14.3 Å². The molecule has 0 bridgehead atoms. The summed E-state index contributed by atoms with van der Waals surface area (Å²) in [6.07, 6.45) is 1.93. The van der Waals surface area contributed by atoms with Gasteiger partial charge in [0, 0.05) is 45.8 Å². The molecule has 5 aromatic rings. The van der Waals surface area contributed by atoms with Crippen molar-refractivity contribution in [1.82, 2.24) is 23.7 Å². The molecule has 1 N–H and O–H groups in total. The fourth-order valence-corrected chi connectivity index (χ4v) is 9.91. The van der Waals surface area contributed by atoms with Crippen LogP contribution in [-0.2, 0) is 30.2 Å². The number of aromatic hydroxyl groups is 1. The molecule has 2 aliphatic heterocycles. The highest BCUT2D eigenvalue weighted by Gasteiger charge is 2.66. The van der Waals surface area contributed by atoms with Gasteiger partial charge in [-0.05, 0) is 67.1 Å². The number of imide groups is 1. The molecule has 3 aliphatic rings. The topological polar surface area (TPSA) is 134 Å². The number of ether oxygens (including phenoxy) is 1. The van der Waals surface area contributed by atoms with Crippen LogP contribution in [0.2, 0.25) is 5.02 Å². The molecule has 2 fully saturated rings. The van der Waals surface area contributed by atoms with Crippen molar-refractivity contribution in [2.24, 2.45) is 25.4 Å². The Morgan fingerprint density at radius 3 is 2.59 bits per heavy atom. The van der Waals surface area contributed by atoms with Crippen LogP contribution in [-0.4, -0.2) is 47.7 Å². The first-order chi connectivity index (χ1) is 23.3. The van der Waals surface area contributed by atoms with Gasteiger partial charge in [0.05, 0.1) is 35.9 Å². The quantitative estimate of drug-likeness (QED) is 0.195. The van der Waals surface area contributed by atoms with E-state index in [1.807, 2.05) is 31.2 Å². The van der Waals surface area contributed by atoms with E-state index in [0.717, 1.165) is 25.1 Å². The highest BCUT2D eigenvalue weighted by atomic mass is 79.9. The molecule has 8 rings (SSSR count). The first kappa shape index (κ1) is 31.8. The number of thiophene rings is 1. The SMILES string of the molecule is COc1cc(Br)cc([C@H]2C3=CCn4c(=O)n(C)c(=O)n4[C@@H]3C[C@H]3C(=O)N(c4cc(-c5sc6ccc(Cl)cc6c5C)nn4C)C(=O)[C@@]23C)c1O. The molecule has 15 heteroatoms. The lowest BCUT2D eigenvalue weighted by Gasteiger charge is -2.47. The van der Waals surface area contributed by atoms with E-state index < -0.39 is 46.5 Å². The van der Waals surface area contributed by atoms with Crippen LogP contribution in [0.5, 0.6) is 11.5 Å². The van der Waals surface area contributed by atoms with E-state index in [1.54, 1.807) is 43.5 Å². The Morgan fingerprint density at radius 2 is 1.86 bits per heavy atom. The number of carbonyl (C=O) groups is 2. The molecule has 3 aromatic heterocycles. The fourth-order valence-electron chi connectivity index (χ4n) is 8.13. The summed E-state index contributed by atoms with van der Waals surface area (Å²) in [5, 5.41) is 17.9. The van der Waals surface area contributed by atoms with Gasteiger partial charge in [0.1, 0.15) is 11.5 Å². The molecule has 12 nitrogen and oxygen atoms in total. The predicted molar refractivity (Wildman–Crippen MR) is 189 cm³/mol. The molecule has 0 spiro atoms. The van der Waals surface area contributed by atoms with E-state index in [4.69, 9.17) is 21.4 Å². The van der Waals surface area contributed by atoms with Crippen LogP contribution in [0.25, 0.3) is 20.7 Å². The predicted octanol–water partition coefficient (Wildman–Crippen LogP) is 5.27. The van der Waals surface area contributed by atoms with Crippen LogP contribution in [0.1, 0.15) is 36.4 Å². The Morgan fingerprint density at radius 1 is 1.10 bits per heavy atom. The van der Waals surface area contributed by atoms with E-state index in [1.165, 1.54) is 33.1 Å². The van der Waals surface area contributed by atoms with Gasteiger partial charge < -0.3 is 9.84 Å². The number of carbonyl (C=O) groups excluding carboxylic acids is 2. The minimum absolute atomic E-state index is 0.0839. The summed E-state index contributed by atoms with van der Waals surface area (Å²) in [5.41, 5.74) is 0.227. The Kier molecular flexibility index (Phi) is 7.02. The zero-order valence-corrected chi connectivity index (χ0v) is 30.2. The summed E-state index contributed by atoms with van der Waals surface area (Å²) >= 11 is 11.4. The summed E-state index contributed by atoms with van der Waals surface area (Å²) in [6.45, 7) is 3.82. The normalized spacial score (nSPS) is 23.1. The monoisotopic (exact) mass is 764 g/mol. The average Bonchev–Trinajstić information content (AvgIpc) is 3.73. The number of phenols is 1. The Balaban J connectivity index is 1.31. The van der Waals surface area contributed by atoms with E-state index in [2.05, 4.69) is 15.9 Å². The van der Waals surface area contributed by atoms with E-state index in [0.29, 0.717) is 32.1 Å². The molecule has 0 radical (unpaired) electrons. The number of methoxy groups -OCH3 is 1. The lowest BCUT2D eigenvalue weighted by atomic mass is 9.56. The second kappa shape index (κ2) is 10.8. The zero-order chi connectivity index (χ0) is 34.8. The third-order valence-corrected chi connectivity index (χ3v) is 12.5. The van der Waals surface area contributed by atoms with Crippen molar-refractivity contribution in [3.05, 3.63) is 89.6 Å². The highest BCUT2D eigenvalue weighted by molar-refractivity contribution is 9.10. The molecule has 2 amide bonds. The van der Waals surface area contributed by atoms with Crippen LogP contribution in [0.4, 0.5) is 5.82 Å². The van der Waals surface area contributed by atoms with Crippen molar-refractivity contribution in [1.29, 1.82) is 0 Å². The number of phenolic OH excluding ortho intramolecular Hbond substituents is 1. The standard InChI is InChI=1S/C34H30BrClN6O6S/c1-15-19-12-17(36)6-7-25(19)49-29(15)22-14-26(39(4)37-22)41-30(44)21-13-23-18(8-9-40-32(46)38(3)33(47)42(23)40)27(34(21,2)31(41)45)20-10-16(35)11-24(48-5)28(20)43/h6-8,10-12,14,21,23,27,43H,9,13H2,1-5H3/t21-,23+,27+,34+/m0/s1. The van der Waals surface area contributed by atoms with Crippen molar-refractivity contribution in [3.63, 3.8) is 0 Å². The minimum Gasteiger partial charge on any atom is -0.504 e. The van der Waals surface area contributed by atoms with Crippen molar-refractivity contribution in [2.75, 3.05) is 12.0 Å². The number of aryl methyl sites for hydroxylation is 2. The third kappa shape index (κ3) is 4.23. The average molecular weight is 766 g/mol. The van der Waals surface area contributed by atoms with Crippen LogP contribution >= 0.6 is 38.9 Å². The molecule has 49 heavy (non-hydrogen) atoms. The maximum Gasteiger partial charge on any atom is 0.347 e. The van der Waals surface area contributed by atoms with Gasteiger partial charge in [-0.15, -0.1) is 11.3 Å². The van der Waals surface area contributed by atoms with Crippen molar-refractivity contribution >= 4 is 66.6 Å². The number of hydrogen-bond donors (Lipinski definition) is 1. The number of rotatable bonds is 4. The number of aromatic nitrogens is 5. The number of benzene rings is 2. The second-order valence-electron chi connectivity index (χ2n) is 13.0. The number of amides is 2. The van der Waals surface area contributed by atoms with Crippen molar-refractivity contribution in [3.8, 4) is 22.1 Å². The van der Waals surface area contributed by atoms with Gasteiger partial charge >= 0.3 is 11.4 Å². The summed E-state index contributed by atoms with van der Waals surface area (Å²) in [7, 11) is 4.54. The highest BCUT2D eigenvalue weighted by Crippen LogP contribution is 2.63. The Hall–Kier alpha value is -4.40. The second-order valence-corrected chi connectivity index (χ2v) is 15.4. The fraction of sp³-hybridized carbons (Fsp3) is 0.324. The van der Waals surface area contributed by atoms with Crippen LogP contribution in [0.3, 0.4) is 0 Å². The van der Waals surface area contributed by atoms with Gasteiger partial charge in [0.15, 0.2) is 11.5 Å². The molecule has 1 saturated heterocycles. The summed E-state index contributed by atoms with van der Waals surface area (Å²) < 4.78 is 12.4. The van der Waals surface area contributed by atoms with Gasteiger partial charge in [-0.25, -0.2) is 28.4 Å². The maximum absolute atomic E-state index is 15.0. The van der Waals surface area contributed by atoms with Gasteiger partial charge in [0.2, 0.25) is 11.8 Å². The number of halogens is 2. The number of allylic oxidation sites excluding steroid dienone is 2. The molecule has 1 saturated carbocycles. The lowest BCUT2D eigenvalue weighted by Crippen LogP contribution is -2.49. The van der Waals surface area contributed by atoms with Crippen LogP contribution < -0.4 is 21.0 Å². The largest absolute Gasteiger partial charge is 0.504 e. The smallest absolute Gasteiger partial charge is 0.347 e. The first-order valence-corrected chi connectivity index (χ1v) is 17.5. The number of anilines is 1. The molecule has 1 aliphatic carbocycles. The van der Waals surface area contributed by atoms with Gasteiger partial charge in [-0.1, -0.05) is 33.6 Å². The summed E-state index contributed by atoms with van der Waals surface area (Å²) in [4.78, 5) is 58.2. The zero-order valence-electron chi connectivity index (χ0n) is 27.0. The number of nitrogens with zero attached hydrogens (tertiary/aromatic N) is 6. The van der Waals surface area contributed by atoms with E-state index >= 15 is 0 Å². The minimum atomic E-state index is -1.39. The van der Waals surface area contributed by atoms with Crippen molar-refractivity contribution < 1.29 is 19.4 Å². The molecular weight excluding hydrogens is 736 g/mol. The molecule has 5 heterocycles. The van der Waals surface area contributed by atoms with Crippen LogP contribution in [0.15, 0.2) is 62.1 Å². The maximum atomic E-state index is 15.0. The van der Waals surface area contributed by atoms with E-state index in [-0.39, 0.29) is 24.5 Å². The lowest BCUT2D eigenvalue weighted by molar-refractivity contribution is -0.129. The molecular formula is C34H30BrClN6O6S. The van der Waals surface area contributed by atoms with E-state index in [9.17, 15) is 24.3 Å². The Bertz CT molecular complexity index is 2450. The summed E-state index contributed by atoms with van der Waals surface area (Å²) in [5.74, 6) is -2.38.